The van der Waals surface area contributed by atoms with Crippen LogP contribution in [0.4, 0.5) is 5.69 Å². The van der Waals surface area contributed by atoms with Crippen molar-refractivity contribution in [2.75, 3.05) is 18.4 Å². The summed E-state index contributed by atoms with van der Waals surface area (Å²) in [5.74, 6) is 0.859. The molecule has 0 atom stereocenters. The lowest BCUT2D eigenvalue weighted by Gasteiger charge is -2.10. The fraction of sp³-hybridized carbons (Fsp3) is 0.154. The van der Waals surface area contributed by atoms with Gasteiger partial charge in [0.05, 0.1) is 6.54 Å². The molecule has 3 nitrogen and oxygen atoms in total. The van der Waals surface area contributed by atoms with E-state index in [1.54, 1.807) is 0 Å². The summed E-state index contributed by atoms with van der Waals surface area (Å²) in [5, 5.41) is 8.94. The van der Waals surface area contributed by atoms with Gasteiger partial charge in [-0.2, -0.15) is 0 Å². The summed E-state index contributed by atoms with van der Waals surface area (Å²) in [4.78, 5) is 4.34. The first-order chi connectivity index (χ1) is 8.34. The molecular weight excluding hydrogens is 278 g/mol. The summed E-state index contributed by atoms with van der Waals surface area (Å²) in [7, 11) is 0. The Hall–Kier alpha value is -1.55. The minimum absolute atomic E-state index is 0.844. The molecule has 0 saturated carbocycles. The fourth-order valence-corrected chi connectivity index (χ4v) is 2.46. The largest absolute Gasteiger partial charge is 0.354 e. The van der Waals surface area contributed by atoms with E-state index < -0.39 is 0 Å². The van der Waals surface area contributed by atoms with Crippen LogP contribution in [0.1, 0.15) is 0 Å². The smallest absolute Gasteiger partial charge is 0.195 e. The zero-order valence-electron chi connectivity index (χ0n) is 9.20. The molecule has 0 aromatic heterocycles. The predicted molar refractivity (Wildman–Crippen MR) is 75.6 cm³/mol. The number of fused-ring (bicyclic) bond motifs is 1. The Morgan fingerprint density at radius 1 is 1.12 bits per heavy atom. The van der Waals surface area contributed by atoms with Crippen molar-refractivity contribution < 1.29 is 0 Å². The zero-order chi connectivity index (χ0) is 11.7. The maximum atomic E-state index is 4.34. The fourth-order valence-electron chi connectivity index (χ4n) is 1.98. The Morgan fingerprint density at radius 2 is 1.94 bits per heavy atom. The van der Waals surface area contributed by atoms with Gasteiger partial charge >= 0.3 is 0 Å². The average Bonchev–Trinajstić information content (AvgIpc) is 2.86. The van der Waals surface area contributed by atoms with E-state index in [-0.39, 0.29) is 0 Å². The number of nitrogens with one attached hydrogen (secondary N) is 2. The van der Waals surface area contributed by atoms with Gasteiger partial charge in [-0.25, -0.2) is 0 Å². The second kappa shape index (κ2) is 4.37. The molecule has 1 aliphatic rings. The Balaban J connectivity index is 2.07. The molecule has 0 aliphatic carbocycles. The number of benzene rings is 2. The molecule has 1 heterocycles. The SMILES string of the molecule is Brc1ccc(NC2=NCCN2)c2ccccc12. The van der Waals surface area contributed by atoms with Crippen molar-refractivity contribution in [2.24, 2.45) is 4.99 Å². The van der Waals surface area contributed by atoms with Gasteiger partial charge in [-0.3, -0.25) is 4.99 Å². The quantitative estimate of drug-likeness (QED) is 0.847. The molecule has 1 aliphatic heterocycles. The Bertz CT molecular complexity index is 592. The molecule has 4 heteroatoms. The van der Waals surface area contributed by atoms with Crippen LogP contribution < -0.4 is 10.6 Å². The lowest BCUT2D eigenvalue weighted by atomic mass is 10.1. The van der Waals surface area contributed by atoms with Gasteiger partial charge in [-0.05, 0) is 17.5 Å². The topological polar surface area (TPSA) is 36.4 Å². The van der Waals surface area contributed by atoms with Crippen LogP contribution in [0.25, 0.3) is 10.8 Å². The third-order valence-electron chi connectivity index (χ3n) is 2.80. The minimum Gasteiger partial charge on any atom is -0.354 e. The number of guanidine groups is 1. The van der Waals surface area contributed by atoms with E-state index in [1.807, 2.05) is 12.1 Å². The first-order valence-corrected chi connectivity index (χ1v) is 6.36. The molecule has 3 rings (SSSR count). The van der Waals surface area contributed by atoms with Gasteiger partial charge in [-0.15, -0.1) is 0 Å². The molecular formula is C13H12BrN3. The predicted octanol–water partition coefficient (Wildman–Crippen LogP) is 2.97. The number of aliphatic imine (C=N–C) groups is 1. The molecule has 0 radical (unpaired) electrons. The van der Waals surface area contributed by atoms with Crippen LogP contribution in [0.15, 0.2) is 45.9 Å². The van der Waals surface area contributed by atoms with Crippen molar-refractivity contribution in [2.45, 2.75) is 0 Å². The molecule has 17 heavy (non-hydrogen) atoms. The van der Waals surface area contributed by atoms with Gasteiger partial charge in [0.2, 0.25) is 0 Å². The molecule has 0 fully saturated rings. The van der Waals surface area contributed by atoms with Crippen LogP contribution in [0, 0.1) is 0 Å². The summed E-state index contributed by atoms with van der Waals surface area (Å²) in [6.45, 7) is 1.76. The highest BCUT2D eigenvalue weighted by atomic mass is 79.9. The van der Waals surface area contributed by atoms with Crippen molar-refractivity contribution in [3.05, 3.63) is 40.9 Å². The van der Waals surface area contributed by atoms with Crippen LogP contribution in [-0.2, 0) is 0 Å². The van der Waals surface area contributed by atoms with Crippen molar-refractivity contribution in [3.63, 3.8) is 0 Å². The number of halogens is 1. The number of hydrogen-bond donors (Lipinski definition) is 2. The van der Waals surface area contributed by atoms with E-state index in [4.69, 9.17) is 0 Å². The molecule has 0 unspecified atom stereocenters. The molecule has 0 saturated heterocycles. The monoisotopic (exact) mass is 289 g/mol. The summed E-state index contributed by atoms with van der Waals surface area (Å²) < 4.78 is 1.11. The van der Waals surface area contributed by atoms with E-state index in [2.05, 4.69) is 55.8 Å². The van der Waals surface area contributed by atoms with Crippen LogP contribution in [0.2, 0.25) is 0 Å². The highest BCUT2D eigenvalue weighted by molar-refractivity contribution is 9.10. The second-order valence-corrected chi connectivity index (χ2v) is 4.78. The van der Waals surface area contributed by atoms with Gasteiger partial charge in [0.15, 0.2) is 5.96 Å². The van der Waals surface area contributed by atoms with Crippen molar-refractivity contribution in [1.29, 1.82) is 0 Å². The van der Waals surface area contributed by atoms with Crippen LogP contribution in [-0.4, -0.2) is 19.0 Å². The van der Waals surface area contributed by atoms with Crippen LogP contribution >= 0.6 is 15.9 Å². The van der Waals surface area contributed by atoms with Crippen molar-refractivity contribution >= 4 is 38.3 Å². The highest BCUT2D eigenvalue weighted by Crippen LogP contribution is 2.29. The lowest BCUT2D eigenvalue weighted by molar-refractivity contribution is 0.959. The van der Waals surface area contributed by atoms with E-state index in [1.165, 1.54) is 10.8 Å². The molecule has 2 aromatic carbocycles. The molecule has 0 amide bonds. The molecule has 2 N–H and O–H groups in total. The first kappa shape index (κ1) is 10.6. The van der Waals surface area contributed by atoms with Gasteiger partial charge in [0.1, 0.15) is 0 Å². The maximum Gasteiger partial charge on any atom is 0.195 e. The Labute approximate surface area is 108 Å². The van der Waals surface area contributed by atoms with Crippen LogP contribution in [0.3, 0.4) is 0 Å². The first-order valence-electron chi connectivity index (χ1n) is 5.57. The number of rotatable bonds is 1. The highest BCUT2D eigenvalue weighted by Gasteiger charge is 2.08. The zero-order valence-corrected chi connectivity index (χ0v) is 10.8. The van der Waals surface area contributed by atoms with E-state index in [0.717, 1.165) is 29.2 Å². The summed E-state index contributed by atoms with van der Waals surface area (Å²) in [6.07, 6.45) is 0. The summed E-state index contributed by atoms with van der Waals surface area (Å²) in [5.41, 5.74) is 1.08. The van der Waals surface area contributed by atoms with Gasteiger partial charge in [0.25, 0.3) is 0 Å². The van der Waals surface area contributed by atoms with Gasteiger partial charge in [0, 0.05) is 22.1 Å². The number of nitrogens with zero attached hydrogens (tertiary/aromatic N) is 1. The standard InChI is InChI=1S/C13H12BrN3/c14-11-5-6-12(17-13-15-7-8-16-13)10-4-2-1-3-9(10)11/h1-6H,7-8H2,(H2,15,16,17). The van der Waals surface area contributed by atoms with Crippen molar-refractivity contribution in [3.8, 4) is 0 Å². The molecule has 0 spiro atoms. The second-order valence-electron chi connectivity index (χ2n) is 3.92. The lowest BCUT2D eigenvalue weighted by Crippen LogP contribution is -2.26. The van der Waals surface area contributed by atoms with E-state index in [9.17, 15) is 0 Å². The van der Waals surface area contributed by atoms with Gasteiger partial charge in [-0.1, -0.05) is 40.2 Å². The molecule has 0 bridgehead atoms. The summed E-state index contributed by atoms with van der Waals surface area (Å²) >= 11 is 3.57. The Kier molecular flexibility index (Phi) is 2.73. The average molecular weight is 290 g/mol. The van der Waals surface area contributed by atoms with Crippen molar-refractivity contribution in [1.82, 2.24) is 5.32 Å². The van der Waals surface area contributed by atoms with E-state index in [0.29, 0.717) is 0 Å². The number of anilines is 1. The third kappa shape index (κ3) is 2.00. The Morgan fingerprint density at radius 3 is 2.71 bits per heavy atom. The maximum absolute atomic E-state index is 4.34. The van der Waals surface area contributed by atoms with E-state index >= 15 is 0 Å². The minimum atomic E-state index is 0.844. The normalized spacial score (nSPS) is 14.5. The molecule has 86 valence electrons. The third-order valence-corrected chi connectivity index (χ3v) is 3.49. The van der Waals surface area contributed by atoms with Crippen LogP contribution in [0.5, 0.6) is 0 Å². The van der Waals surface area contributed by atoms with Gasteiger partial charge < -0.3 is 10.6 Å². The molecule has 2 aromatic rings. The summed E-state index contributed by atoms with van der Waals surface area (Å²) in [6, 6.07) is 12.4. The number of hydrogen-bond acceptors (Lipinski definition) is 3.